The third kappa shape index (κ3) is 3.30. The monoisotopic (exact) mass is 253 g/mol. The summed E-state index contributed by atoms with van der Waals surface area (Å²) >= 11 is 5.83. The summed E-state index contributed by atoms with van der Waals surface area (Å²) in [6, 6.07) is 0. The number of alkyl halides is 3. The van der Waals surface area contributed by atoms with Crippen LogP contribution < -0.4 is 0 Å². The van der Waals surface area contributed by atoms with Crippen LogP contribution in [0.2, 0.25) is 0 Å². The molecule has 94 valence electrons. The number of nitrogens with zero attached hydrogens (tertiary/aromatic N) is 1. The van der Waals surface area contributed by atoms with Crippen molar-refractivity contribution < 1.29 is 13.6 Å². The summed E-state index contributed by atoms with van der Waals surface area (Å²) in [5.74, 6) is -3.66. The van der Waals surface area contributed by atoms with Crippen LogP contribution in [0.25, 0.3) is 0 Å². The van der Waals surface area contributed by atoms with E-state index in [1.807, 2.05) is 6.92 Å². The summed E-state index contributed by atoms with van der Waals surface area (Å²) in [7, 11) is 0. The molecule has 16 heavy (non-hydrogen) atoms. The van der Waals surface area contributed by atoms with Gasteiger partial charge >= 0.3 is 0 Å². The van der Waals surface area contributed by atoms with Gasteiger partial charge in [0.05, 0.1) is 0 Å². The lowest BCUT2D eigenvalue weighted by Gasteiger charge is -2.36. The molecule has 1 rings (SSSR count). The molecule has 5 heteroatoms. The zero-order valence-corrected chi connectivity index (χ0v) is 10.4. The lowest BCUT2D eigenvalue weighted by atomic mass is 9.92. The molecule has 1 aliphatic heterocycles. The number of halogens is 3. The van der Waals surface area contributed by atoms with Crippen LogP contribution in [0.4, 0.5) is 8.78 Å². The molecule has 0 aromatic carbocycles. The number of likely N-dealkylation sites (tertiary alicyclic amines) is 1. The second-order valence-electron chi connectivity index (χ2n) is 4.46. The molecule has 0 aromatic rings. The van der Waals surface area contributed by atoms with E-state index < -0.39 is 17.2 Å². The van der Waals surface area contributed by atoms with Crippen LogP contribution in [0.3, 0.4) is 0 Å². The molecule has 0 bridgehead atoms. The van der Waals surface area contributed by atoms with Crippen LogP contribution in [0.5, 0.6) is 0 Å². The van der Waals surface area contributed by atoms with Gasteiger partial charge in [-0.3, -0.25) is 4.79 Å². The van der Waals surface area contributed by atoms with Gasteiger partial charge in [-0.05, 0) is 26.2 Å². The van der Waals surface area contributed by atoms with Crippen molar-refractivity contribution in [1.82, 2.24) is 4.90 Å². The Labute approximate surface area is 99.9 Å². The van der Waals surface area contributed by atoms with Crippen molar-refractivity contribution in [2.75, 3.05) is 13.1 Å². The topological polar surface area (TPSA) is 20.3 Å². The van der Waals surface area contributed by atoms with E-state index in [0.717, 1.165) is 6.92 Å². The molecule has 1 amide bonds. The molecular formula is C11H18ClF2NO. The first kappa shape index (κ1) is 13.7. The largest absolute Gasteiger partial charge is 0.341 e. The number of carbonyl (C=O) groups is 1. The average molecular weight is 254 g/mol. The fourth-order valence-corrected chi connectivity index (χ4v) is 2.10. The molecule has 0 N–H and O–H groups in total. The highest BCUT2D eigenvalue weighted by atomic mass is 35.5. The van der Waals surface area contributed by atoms with Crippen molar-refractivity contribution in [3.05, 3.63) is 0 Å². The van der Waals surface area contributed by atoms with E-state index in [1.54, 1.807) is 0 Å². The number of amides is 1. The van der Waals surface area contributed by atoms with Crippen molar-refractivity contribution in [3.63, 3.8) is 0 Å². The molecule has 1 saturated heterocycles. The lowest BCUT2D eigenvalue weighted by Crippen LogP contribution is -2.47. The Morgan fingerprint density at radius 1 is 1.62 bits per heavy atom. The summed E-state index contributed by atoms with van der Waals surface area (Å²) in [5, 5.41) is -0.579. The number of piperidine rings is 1. The Hall–Kier alpha value is -0.380. The first-order valence-electron chi connectivity index (χ1n) is 5.67. The van der Waals surface area contributed by atoms with Crippen LogP contribution in [0, 0.1) is 5.92 Å². The highest BCUT2D eigenvalue weighted by Crippen LogP contribution is 2.31. The van der Waals surface area contributed by atoms with E-state index in [1.165, 1.54) is 4.90 Å². The molecule has 1 heterocycles. The number of hydrogen-bond donors (Lipinski definition) is 0. The fraction of sp³-hybridized carbons (Fsp3) is 0.909. The first-order valence-corrected chi connectivity index (χ1v) is 6.10. The molecule has 2 nitrogen and oxygen atoms in total. The Kier molecular flexibility index (Phi) is 4.53. The molecule has 2 atom stereocenters. The van der Waals surface area contributed by atoms with E-state index in [4.69, 9.17) is 11.6 Å². The standard InChI is InChI=1S/C11H18ClF2NO/c1-3-9(12)10(16)15-6-4-5-8(7-15)11(2,13)14/h8-9H,3-7H2,1-2H3/t8-,9+/m1/s1. The van der Waals surface area contributed by atoms with Crippen molar-refractivity contribution in [3.8, 4) is 0 Å². The normalized spacial score (nSPS) is 24.3. The highest BCUT2D eigenvalue weighted by molar-refractivity contribution is 6.30. The maximum Gasteiger partial charge on any atom is 0.249 e. The van der Waals surface area contributed by atoms with Gasteiger partial charge < -0.3 is 4.90 Å². The van der Waals surface area contributed by atoms with Gasteiger partial charge in [-0.25, -0.2) is 8.78 Å². The van der Waals surface area contributed by atoms with Gasteiger partial charge in [-0.1, -0.05) is 6.92 Å². The Bertz CT molecular complexity index is 255. The predicted molar refractivity (Wildman–Crippen MR) is 59.9 cm³/mol. The molecule has 0 radical (unpaired) electrons. The molecular weight excluding hydrogens is 236 g/mol. The van der Waals surface area contributed by atoms with Gasteiger partial charge in [0.2, 0.25) is 11.8 Å². The SMILES string of the molecule is CC[C@H](Cl)C(=O)N1CCC[C@@H](C(C)(F)F)C1. The smallest absolute Gasteiger partial charge is 0.249 e. The van der Waals surface area contributed by atoms with Gasteiger partial charge in [0, 0.05) is 19.0 Å². The van der Waals surface area contributed by atoms with Crippen LogP contribution in [-0.2, 0) is 4.79 Å². The van der Waals surface area contributed by atoms with E-state index in [-0.39, 0.29) is 12.5 Å². The summed E-state index contributed by atoms with van der Waals surface area (Å²) in [5.41, 5.74) is 0. The summed E-state index contributed by atoms with van der Waals surface area (Å²) in [4.78, 5) is 13.2. The molecule has 0 aliphatic carbocycles. The van der Waals surface area contributed by atoms with E-state index in [0.29, 0.717) is 25.8 Å². The number of rotatable bonds is 3. The minimum absolute atomic E-state index is 0.131. The Balaban J connectivity index is 2.60. The Morgan fingerprint density at radius 3 is 2.75 bits per heavy atom. The second-order valence-corrected chi connectivity index (χ2v) is 4.98. The van der Waals surface area contributed by atoms with Gasteiger partial charge in [-0.15, -0.1) is 11.6 Å². The van der Waals surface area contributed by atoms with Gasteiger partial charge in [0.15, 0.2) is 0 Å². The third-order valence-corrected chi connectivity index (χ3v) is 3.57. The lowest BCUT2D eigenvalue weighted by molar-refractivity contribution is -0.136. The maximum atomic E-state index is 13.2. The second kappa shape index (κ2) is 5.30. The van der Waals surface area contributed by atoms with E-state index in [2.05, 4.69) is 0 Å². The third-order valence-electron chi connectivity index (χ3n) is 3.08. The molecule has 1 aliphatic rings. The molecule has 0 saturated carbocycles. The first-order chi connectivity index (χ1) is 7.36. The summed E-state index contributed by atoms with van der Waals surface area (Å²) < 4.78 is 26.3. The van der Waals surface area contributed by atoms with Crippen LogP contribution >= 0.6 is 11.6 Å². The van der Waals surface area contributed by atoms with E-state index in [9.17, 15) is 13.6 Å². The zero-order valence-electron chi connectivity index (χ0n) is 9.68. The minimum Gasteiger partial charge on any atom is -0.341 e. The van der Waals surface area contributed by atoms with Crippen molar-refractivity contribution in [2.24, 2.45) is 5.92 Å². The van der Waals surface area contributed by atoms with Crippen molar-refractivity contribution in [1.29, 1.82) is 0 Å². The van der Waals surface area contributed by atoms with Crippen LogP contribution in [-0.4, -0.2) is 35.2 Å². The number of hydrogen-bond acceptors (Lipinski definition) is 1. The van der Waals surface area contributed by atoms with Gasteiger partial charge in [0.25, 0.3) is 0 Å². The average Bonchev–Trinajstić information content (AvgIpc) is 2.26. The Morgan fingerprint density at radius 2 is 2.25 bits per heavy atom. The molecule has 0 unspecified atom stereocenters. The van der Waals surface area contributed by atoms with Gasteiger partial charge in [-0.2, -0.15) is 0 Å². The highest BCUT2D eigenvalue weighted by Gasteiger charge is 2.38. The predicted octanol–water partition coefficient (Wildman–Crippen LogP) is 2.90. The minimum atomic E-state index is -2.72. The van der Waals surface area contributed by atoms with Crippen LogP contribution in [0.1, 0.15) is 33.1 Å². The summed E-state index contributed by atoms with van der Waals surface area (Å²) in [6.07, 6.45) is 1.64. The summed E-state index contributed by atoms with van der Waals surface area (Å²) in [6.45, 7) is 3.41. The fourth-order valence-electron chi connectivity index (χ4n) is 1.96. The van der Waals surface area contributed by atoms with Crippen molar-refractivity contribution >= 4 is 17.5 Å². The van der Waals surface area contributed by atoms with Gasteiger partial charge in [0.1, 0.15) is 5.38 Å². The molecule has 0 aromatic heterocycles. The van der Waals surface area contributed by atoms with E-state index >= 15 is 0 Å². The number of carbonyl (C=O) groups excluding carboxylic acids is 1. The molecule has 1 fully saturated rings. The maximum absolute atomic E-state index is 13.2. The van der Waals surface area contributed by atoms with Crippen molar-refractivity contribution in [2.45, 2.75) is 44.4 Å². The van der Waals surface area contributed by atoms with Crippen LogP contribution in [0.15, 0.2) is 0 Å². The zero-order chi connectivity index (χ0) is 12.3. The quantitative estimate of drug-likeness (QED) is 0.709. The molecule has 0 spiro atoms.